The van der Waals surface area contributed by atoms with Crippen molar-refractivity contribution in [1.29, 1.82) is 0 Å². The van der Waals surface area contributed by atoms with Crippen molar-refractivity contribution in [2.24, 2.45) is 0 Å². The summed E-state index contributed by atoms with van der Waals surface area (Å²) in [6.45, 7) is 2.68. The first-order valence-corrected chi connectivity index (χ1v) is 8.14. The summed E-state index contributed by atoms with van der Waals surface area (Å²) in [5.74, 6) is 0. The number of likely N-dealkylation sites (N-methyl/N-ethyl adjacent to an activating group) is 1. The van der Waals surface area contributed by atoms with Crippen molar-refractivity contribution < 1.29 is 13.5 Å². The van der Waals surface area contributed by atoms with Crippen molar-refractivity contribution in [3.63, 3.8) is 0 Å². The third-order valence-electron chi connectivity index (χ3n) is 3.26. The number of aliphatic hydroxyl groups is 1. The molecule has 0 amide bonds. The number of piperazine rings is 1. The van der Waals surface area contributed by atoms with Crippen LogP contribution in [0.4, 0.5) is 0 Å². The Labute approximate surface area is 124 Å². The lowest BCUT2D eigenvalue weighted by atomic mass is 10.2. The zero-order chi connectivity index (χ0) is 14.8. The summed E-state index contributed by atoms with van der Waals surface area (Å²) in [6, 6.07) is 4.31. The maximum absolute atomic E-state index is 12.2. The molecule has 1 aliphatic rings. The van der Waals surface area contributed by atoms with Gasteiger partial charge in [0.25, 0.3) is 10.0 Å². The third kappa shape index (κ3) is 3.69. The lowest BCUT2D eigenvalue weighted by Gasteiger charge is -2.32. The first-order valence-electron chi connectivity index (χ1n) is 6.27. The molecule has 1 aromatic rings. The monoisotopic (exact) mass is 319 g/mol. The predicted octanol–water partition coefficient (Wildman–Crippen LogP) is 0.273. The molecular weight excluding hydrogens is 302 g/mol. The molecule has 1 aromatic carbocycles. The van der Waals surface area contributed by atoms with Gasteiger partial charge in [-0.2, -0.15) is 0 Å². The zero-order valence-electron chi connectivity index (χ0n) is 11.2. The van der Waals surface area contributed by atoms with Crippen LogP contribution in [0.25, 0.3) is 0 Å². The number of nitrogens with one attached hydrogen (secondary N) is 1. The first kappa shape index (κ1) is 15.7. The van der Waals surface area contributed by atoms with Gasteiger partial charge >= 0.3 is 0 Å². The molecule has 20 heavy (non-hydrogen) atoms. The second-order valence-electron chi connectivity index (χ2n) is 4.80. The highest BCUT2D eigenvalue weighted by atomic mass is 35.5. The Morgan fingerprint density at radius 3 is 2.50 bits per heavy atom. The second kappa shape index (κ2) is 6.38. The maximum Gasteiger partial charge on any atom is 0.253 e. The molecule has 1 heterocycles. The lowest BCUT2D eigenvalue weighted by molar-refractivity contribution is 0.135. The van der Waals surface area contributed by atoms with Gasteiger partial charge in [-0.15, -0.1) is 4.83 Å². The highest BCUT2D eigenvalue weighted by Crippen LogP contribution is 2.21. The van der Waals surface area contributed by atoms with E-state index >= 15 is 0 Å². The van der Waals surface area contributed by atoms with Crippen LogP contribution in [0, 0.1) is 0 Å². The highest BCUT2D eigenvalue weighted by Gasteiger charge is 2.21. The molecule has 1 fully saturated rings. The zero-order valence-corrected chi connectivity index (χ0v) is 12.8. The van der Waals surface area contributed by atoms with Gasteiger partial charge in [-0.25, -0.2) is 13.4 Å². The van der Waals surface area contributed by atoms with Crippen molar-refractivity contribution in [2.75, 3.05) is 33.2 Å². The van der Waals surface area contributed by atoms with Crippen LogP contribution in [0.1, 0.15) is 5.56 Å². The van der Waals surface area contributed by atoms with Crippen LogP contribution in [0.2, 0.25) is 5.02 Å². The highest BCUT2D eigenvalue weighted by molar-refractivity contribution is 7.89. The van der Waals surface area contributed by atoms with E-state index < -0.39 is 10.0 Å². The molecule has 0 aromatic heterocycles. The van der Waals surface area contributed by atoms with Crippen LogP contribution in [-0.4, -0.2) is 56.7 Å². The van der Waals surface area contributed by atoms with E-state index in [9.17, 15) is 8.42 Å². The summed E-state index contributed by atoms with van der Waals surface area (Å²) >= 11 is 5.92. The van der Waals surface area contributed by atoms with E-state index in [0.717, 1.165) is 13.1 Å². The van der Waals surface area contributed by atoms with Gasteiger partial charge in [0, 0.05) is 31.2 Å². The molecule has 0 aliphatic carbocycles. The Bertz CT molecular complexity index is 571. The molecule has 0 saturated carbocycles. The van der Waals surface area contributed by atoms with E-state index in [4.69, 9.17) is 16.7 Å². The predicted molar refractivity (Wildman–Crippen MR) is 76.8 cm³/mol. The van der Waals surface area contributed by atoms with Gasteiger partial charge in [0.2, 0.25) is 0 Å². The number of hydrogen-bond acceptors (Lipinski definition) is 5. The Balaban J connectivity index is 2.12. The quantitative estimate of drug-likeness (QED) is 0.833. The molecular formula is C12H18ClN3O3S. The fraction of sp³-hybridized carbons (Fsp3) is 0.500. The van der Waals surface area contributed by atoms with Gasteiger partial charge in [0.05, 0.1) is 11.5 Å². The van der Waals surface area contributed by atoms with Gasteiger partial charge < -0.3 is 10.0 Å². The van der Waals surface area contributed by atoms with Crippen molar-refractivity contribution in [1.82, 2.24) is 14.7 Å². The molecule has 1 aliphatic heterocycles. The molecule has 112 valence electrons. The van der Waals surface area contributed by atoms with Gasteiger partial charge in [-0.1, -0.05) is 17.7 Å². The minimum absolute atomic E-state index is 0.0960. The molecule has 0 unspecified atom stereocenters. The Kier molecular flexibility index (Phi) is 5.00. The van der Waals surface area contributed by atoms with E-state index in [0.29, 0.717) is 18.7 Å². The van der Waals surface area contributed by atoms with Crippen LogP contribution >= 0.6 is 11.6 Å². The fourth-order valence-electron chi connectivity index (χ4n) is 1.94. The number of rotatable bonds is 4. The Hall–Kier alpha value is -0.700. The third-order valence-corrected chi connectivity index (χ3v) is 4.98. The summed E-state index contributed by atoms with van der Waals surface area (Å²) in [7, 11) is -1.63. The summed E-state index contributed by atoms with van der Waals surface area (Å²) < 4.78 is 24.5. The van der Waals surface area contributed by atoms with Crippen molar-refractivity contribution in [2.45, 2.75) is 11.5 Å². The molecule has 2 rings (SSSR count). The van der Waals surface area contributed by atoms with Crippen LogP contribution in [0.3, 0.4) is 0 Å². The normalized spacial score (nSPS) is 18.4. The SMILES string of the molecule is CN1CCN(NS(=O)(=O)c2ccc(CO)c(Cl)c2)CC1. The molecule has 8 heteroatoms. The van der Waals surface area contributed by atoms with Gasteiger partial charge in [0.15, 0.2) is 0 Å². The van der Waals surface area contributed by atoms with Crippen LogP contribution in [-0.2, 0) is 16.6 Å². The van der Waals surface area contributed by atoms with E-state index in [1.54, 1.807) is 5.01 Å². The van der Waals surface area contributed by atoms with Crippen molar-refractivity contribution in [3.8, 4) is 0 Å². The number of hydrogen-bond donors (Lipinski definition) is 2. The molecule has 6 nitrogen and oxygen atoms in total. The summed E-state index contributed by atoms with van der Waals surface area (Å²) in [5.41, 5.74) is 0.505. The summed E-state index contributed by atoms with van der Waals surface area (Å²) in [6.07, 6.45) is 0. The largest absolute Gasteiger partial charge is 0.392 e. The number of hydrazine groups is 1. The summed E-state index contributed by atoms with van der Waals surface area (Å²) in [4.78, 5) is 4.79. The van der Waals surface area contributed by atoms with Gasteiger partial charge in [0.1, 0.15) is 0 Å². The number of sulfonamides is 1. The van der Waals surface area contributed by atoms with E-state index in [2.05, 4.69) is 9.73 Å². The number of benzene rings is 1. The van der Waals surface area contributed by atoms with E-state index in [1.165, 1.54) is 18.2 Å². The van der Waals surface area contributed by atoms with E-state index in [-0.39, 0.29) is 16.5 Å². The molecule has 0 spiro atoms. The van der Waals surface area contributed by atoms with Crippen LogP contribution in [0.15, 0.2) is 23.1 Å². The second-order valence-corrected chi connectivity index (χ2v) is 6.86. The molecule has 0 radical (unpaired) electrons. The number of nitrogens with zero attached hydrogens (tertiary/aromatic N) is 2. The van der Waals surface area contributed by atoms with Crippen molar-refractivity contribution >= 4 is 21.6 Å². The average Bonchev–Trinajstić information content (AvgIpc) is 2.41. The smallest absolute Gasteiger partial charge is 0.253 e. The number of halogens is 1. The lowest BCUT2D eigenvalue weighted by Crippen LogP contribution is -2.52. The standard InChI is InChI=1S/C12H18ClN3O3S/c1-15-4-6-16(7-5-15)14-20(18,19)11-3-2-10(9-17)12(13)8-11/h2-3,8,14,17H,4-7,9H2,1H3. The molecule has 2 N–H and O–H groups in total. The van der Waals surface area contributed by atoms with Gasteiger partial charge in [-0.3, -0.25) is 0 Å². The fourth-order valence-corrected chi connectivity index (χ4v) is 3.40. The number of aliphatic hydroxyl groups excluding tert-OH is 1. The van der Waals surface area contributed by atoms with Crippen LogP contribution in [0.5, 0.6) is 0 Å². The Morgan fingerprint density at radius 2 is 1.95 bits per heavy atom. The molecule has 0 atom stereocenters. The maximum atomic E-state index is 12.2. The summed E-state index contributed by atoms with van der Waals surface area (Å²) in [5, 5.41) is 11.0. The Morgan fingerprint density at radius 1 is 1.30 bits per heavy atom. The van der Waals surface area contributed by atoms with Gasteiger partial charge in [-0.05, 0) is 24.7 Å². The van der Waals surface area contributed by atoms with Crippen LogP contribution < -0.4 is 4.83 Å². The van der Waals surface area contributed by atoms with E-state index in [1.807, 2.05) is 7.05 Å². The topological polar surface area (TPSA) is 72.9 Å². The first-order chi connectivity index (χ1) is 9.42. The molecule has 0 bridgehead atoms. The van der Waals surface area contributed by atoms with Crippen molar-refractivity contribution in [3.05, 3.63) is 28.8 Å². The minimum Gasteiger partial charge on any atom is -0.392 e. The average molecular weight is 320 g/mol. The molecule has 1 saturated heterocycles. The minimum atomic E-state index is -3.63.